The number of halogens is 1. The van der Waals surface area contributed by atoms with Gasteiger partial charge in [0.25, 0.3) is 5.91 Å². The summed E-state index contributed by atoms with van der Waals surface area (Å²) in [7, 11) is 1.46. The third kappa shape index (κ3) is 3.23. The van der Waals surface area contributed by atoms with E-state index in [0.29, 0.717) is 27.8 Å². The van der Waals surface area contributed by atoms with Gasteiger partial charge in [-0.05, 0) is 24.6 Å². The largest absolute Gasteiger partial charge is 0.495 e. The van der Waals surface area contributed by atoms with E-state index in [1.54, 1.807) is 43.3 Å². The first-order valence-corrected chi connectivity index (χ1v) is 9.74. The third-order valence-corrected chi connectivity index (χ3v) is 5.72. The van der Waals surface area contributed by atoms with Crippen LogP contribution in [0.2, 0.25) is 5.02 Å². The van der Waals surface area contributed by atoms with Gasteiger partial charge in [0.05, 0.1) is 19.4 Å². The van der Waals surface area contributed by atoms with Crippen molar-refractivity contribution in [1.82, 2.24) is 10.2 Å². The lowest BCUT2D eigenvalue weighted by Crippen LogP contribution is -2.48. The van der Waals surface area contributed by atoms with Crippen LogP contribution in [0.4, 0.5) is 10.5 Å². The lowest BCUT2D eigenvalue weighted by Gasteiger charge is -2.33. The van der Waals surface area contributed by atoms with Crippen LogP contribution in [0, 0.1) is 6.92 Å². The summed E-state index contributed by atoms with van der Waals surface area (Å²) < 4.78 is 10.9. The molecule has 4 rings (SSSR count). The summed E-state index contributed by atoms with van der Waals surface area (Å²) in [5.74, 6) is -0.0791. The second-order valence-electron chi connectivity index (χ2n) is 7.17. The molecule has 1 saturated heterocycles. The molecule has 4 amide bonds. The highest BCUT2D eigenvalue weighted by atomic mass is 35.5. The van der Waals surface area contributed by atoms with Gasteiger partial charge in [-0.1, -0.05) is 29.8 Å². The molecule has 2 aromatic carbocycles. The molecule has 2 aromatic rings. The molecule has 156 valence electrons. The maximum Gasteiger partial charge on any atom is 0.325 e. The number of rotatable bonds is 4. The van der Waals surface area contributed by atoms with Gasteiger partial charge in [0.1, 0.15) is 18.0 Å². The van der Waals surface area contributed by atoms with Crippen LogP contribution >= 0.6 is 11.6 Å². The second kappa shape index (κ2) is 7.53. The number of carbonyl (C=O) groups excluding carboxylic acids is 3. The van der Waals surface area contributed by atoms with E-state index < -0.39 is 29.9 Å². The summed E-state index contributed by atoms with van der Waals surface area (Å²) in [5.41, 5.74) is 0.524. The molecule has 1 spiro atoms. The lowest BCUT2D eigenvalue weighted by atomic mass is 9.84. The Hall–Kier alpha value is -3.26. The Labute approximate surface area is 178 Å². The van der Waals surface area contributed by atoms with E-state index in [9.17, 15) is 14.4 Å². The molecule has 0 unspecified atom stereocenters. The number of fused-ring (bicyclic) bond motifs is 2. The molecule has 2 aliphatic heterocycles. The van der Waals surface area contributed by atoms with Gasteiger partial charge < -0.3 is 20.1 Å². The van der Waals surface area contributed by atoms with Crippen LogP contribution < -0.4 is 20.1 Å². The summed E-state index contributed by atoms with van der Waals surface area (Å²) in [6.45, 7) is 1.64. The van der Waals surface area contributed by atoms with Crippen molar-refractivity contribution in [2.75, 3.05) is 25.6 Å². The zero-order valence-corrected chi connectivity index (χ0v) is 17.2. The van der Waals surface area contributed by atoms with Crippen molar-refractivity contribution in [2.45, 2.75) is 18.9 Å². The Balaban J connectivity index is 1.55. The van der Waals surface area contributed by atoms with E-state index >= 15 is 0 Å². The van der Waals surface area contributed by atoms with Gasteiger partial charge in [-0.25, -0.2) is 4.79 Å². The van der Waals surface area contributed by atoms with Crippen LogP contribution in [0.25, 0.3) is 0 Å². The molecule has 2 heterocycles. The molecule has 1 fully saturated rings. The number of aryl methyl sites for hydroxylation is 1. The predicted molar refractivity (Wildman–Crippen MR) is 110 cm³/mol. The maximum atomic E-state index is 13.2. The molecular formula is C21H20ClN3O5. The molecule has 8 nitrogen and oxygen atoms in total. The van der Waals surface area contributed by atoms with Crippen molar-refractivity contribution >= 4 is 35.1 Å². The van der Waals surface area contributed by atoms with Gasteiger partial charge in [-0.3, -0.25) is 14.5 Å². The molecular weight excluding hydrogens is 410 g/mol. The van der Waals surface area contributed by atoms with Gasteiger partial charge in [0.2, 0.25) is 5.91 Å². The average Bonchev–Trinajstić information content (AvgIpc) is 2.95. The van der Waals surface area contributed by atoms with E-state index in [4.69, 9.17) is 21.1 Å². The van der Waals surface area contributed by atoms with Crippen LogP contribution in [-0.4, -0.2) is 43.0 Å². The molecule has 2 N–H and O–H groups in total. The van der Waals surface area contributed by atoms with Crippen LogP contribution in [0.15, 0.2) is 36.4 Å². The zero-order valence-electron chi connectivity index (χ0n) is 16.5. The SMILES string of the molecule is COc1cc(Cl)c(C)cc1NC(=O)CN1C(=O)N[C@@]2(CCOc3ccccc32)C1=O. The third-order valence-electron chi connectivity index (χ3n) is 5.31. The lowest BCUT2D eigenvalue weighted by molar-refractivity contribution is -0.135. The van der Waals surface area contributed by atoms with Crippen molar-refractivity contribution in [1.29, 1.82) is 0 Å². The number of nitrogens with one attached hydrogen (secondary N) is 2. The molecule has 0 radical (unpaired) electrons. The number of hydrogen-bond donors (Lipinski definition) is 2. The van der Waals surface area contributed by atoms with Crippen molar-refractivity contribution < 1.29 is 23.9 Å². The summed E-state index contributed by atoms with van der Waals surface area (Å²) in [6, 6.07) is 9.71. The molecule has 2 aliphatic rings. The maximum absolute atomic E-state index is 13.2. The number of hydrogen-bond acceptors (Lipinski definition) is 5. The number of nitrogens with zero attached hydrogens (tertiary/aromatic N) is 1. The van der Waals surface area contributed by atoms with E-state index in [1.165, 1.54) is 7.11 Å². The van der Waals surface area contributed by atoms with Gasteiger partial charge in [-0.2, -0.15) is 0 Å². The number of carbonyl (C=O) groups is 3. The van der Waals surface area contributed by atoms with E-state index in [2.05, 4.69) is 10.6 Å². The number of para-hydroxylation sites is 1. The number of urea groups is 1. The minimum atomic E-state index is -1.22. The smallest absolute Gasteiger partial charge is 0.325 e. The Bertz CT molecular complexity index is 1060. The highest BCUT2D eigenvalue weighted by Crippen LogP contribution is 2.41. The highest BCUT2D eigenvalue weighted by Gasteiger charge is 2.55. The first-order valence-electron chi connectivity index (χ1n) is 9.36. The Morgan fingerprint density at radius 1 is 1.33 bits per heavy atom. The van der Waals surface area contributed by atoms with E-state index in [1.807, 2.05) is 0 Å². The first kappa shape index (κ1) is 20.0. The normalized spacial score (nSPS) is 19.9. The highest BCUT2D eigenvalue weighted by molar-refractivity contribution is 6.31. The van der Waals surface area contributed by atoms with Gasteiger partial charge in [0.15, 0.2) is 5.54 Å². The number of anilines is 1. The summed E-state index contributed by atoms with van der Waals surface area (Å²) in [4.78, 5) is 39.4. The van der Waals surface area contributed by atoms with Crippen LogP contribution in [-0.2, 0) is 15.1 Å². The molecule has 1 atom stereocenters. The summed E-state index contributed by atoms with van der Waals surface area (Å²) in [6.07, 6.45) is 0.289. The van der Waals surface area contributed by atoms with E-state index in [0.717, 1.165) is 10.5 Å². The molecule has 30 heavy (non-hydrogen) atoms. The van der Waals surface area contributed by atoms with Gasteiger partial charge >= 0.3 is 6.03 Å². The minimum absolute atomic E-state index is 0.282. The Morgan fingerprint density at radius 3 is 2.87 bits per heavy atom. The van der Waals surface area contributed by atoms with Gasteiger partial charge in [-0.15, -0.1) is 0 Å². The minimum Gasteiger partial charge on any atom is -0.495 e. The molecule has 9 heteroatoms. The van der Waals surface area contributed by atoms with Crippen molar-refractivity contribution in [2.24, 2.45) is 0 Å². The van der Waals surface area contributed by atoms with Crippen molar-refractivity contribution in [3.63, 3.8) is 0 Å². The standard InChI is InChI=1S/C21H20ClN3O5/c1-12-9-15(17(29-2)10-14(12)22)23-18(26)11-25-19(27)21(24-20(25)28)7-8-30-16-6-4-3-5-13(16)21/h3-6,9-10H,7-8,11H2,1-2H3,(H,23,26)(H,24,28)/t21-/m1/s1. The number of imide groups is 1. The molecule has 0 aliphatic carbocycles. The number of methoxy groups -OCH3 is 1. The average molecular weight is 430 g/mol. The van der Waals surface area contributed by atoms with Crippen LogP contribution in [0.1, 0.15) is 17.5 Å². The first-order chi connectivity index (χ1) is 14.4. The quantitative estimate of drug-likeness (QED) is 0.728. The van der Waals surface area contributed by atoms with Gasteiger partial charge in [0, 0.05) is 23.1 Å². The number of amides is 4. The summed E-state index contributed by atoms with van der Waals surface area (Å²) >= 11 is 6.09. The van der Waals surface area contributed by atoms with Crippen LogP contribution in [0.5, 0.6) is 11.5 Å². The predicted octanol–water partition coefficient (Wildman–Crippen LogP) is 2.83. The molecule has 0 aromatic heterocycles. The van der Waals surface area contributed by atoms with Crippen molar-refractivity contribution in [3.8, 4) is 11.5 Å². The monoisotopic (exact) mass is 429 g/mol. The fourth-order valence-electron chi connectivity index (χ4n) is 3.78. The Morgan fingerprint density at radius 2 is 2.10 bits per heavy atom. The van der Waals surface area contributed by atoms with Crippen LogP contribution in [0.3, 0.4) is 0 Å². The van der Waals surface area contributed by atoms with Crippen molar-refractivity contribution in [3.05, 3.63) is 52.5 Å². The molecule has 0 saturated carbocycles. The second-order valence-corrected chi connectivity index (χ2v) is 7.58. The number of benzene rings is 2. The fraction of sp³-hybridized carbons (Fsp3) is 0.286. The van der Waals surface area contributed by atoms with E-state index in [-0.39, 0.29) is 13.0 Å². The zero-order chi connectivity index (χ0) is 21.5. The summed E-state index contributed by atoms with van der Waals surface area (Å²) in [5, 5.41) is 5.95. The number of ether oxygens (including phenoxy) is 2. The molecule has 0 bridgehead atoms. The Kier molecular flexibility index (Phi) is 5.03. The fourth-order valence-corrected chi connectivity index (χ4v) is 3.93. The topological polar surface area (TPSA) is 97.0 Å².